The van der Waals surface area contributed by atoms with Crippen molar-refractivity contribution in [1.29, 1.82) is 0 Å². The number of phenolic OH excluding ortho intramolecular Hbond substituents is 2. The van der Waals surface area contributed by atoms with Gasteiger partial charge in [-0.2, -0.15) is 0 Å². The van der Waals surface area contributed by atoms with E-state index in [2.05, 4.69) is 0 Å². The first-order valence-electron chi connectivity index (χ1n) is 10.00. The summed E-state index contributed by atoms with van der Waals surface area (Å²) in [5.74, 6) is -3.75. The van der Waals surface area contributed by atoms with Crippen LogP contribution in [0.5, 0.6) is 17.2 Å². The summed E-state index contributed by atoms with van der Waals surface area (Å²) < 4.78 is 17.3. The summed E-state index contributed by atoms with van der Waals surface area (Å²) in [6.07, 6.45) is -3.68. The van der Waals surface area contributed by atoms with Crippen molar-refractivity contribution < 1.29 is 39.1 Å². The summed E-state index contributed by atoms with van der Waals surface area (Å²) in [6, 6.07) is 10.7. The van der Waals surface area contributed by atoms with Crippen molar-refractivity contribution in [2.24, 2.45) is 11.8 Å². The Morgan fingerprint density at radius 2 is 1.75 bits per heavy atom. The Kier molecular flexibility index (Phi) is 5.53. The highest BCUT2D eigenvalue weighted by molar-refractivity contribution is 5.88. The minimum atomic E-state index is -1.34. The highest BCUT2D eigenvalue weighted by atomic mass is 16.7. The summed E-state index contributed by atoms with van der Waals surface area (Å²) in [5, 5.41) is 39.8. The second kappa shape index (κ2) is 8.18. The number of hydrogen-bond donors (Lipinski definition) is 4. The lowest BCUT2D eigenvalue weighted by atomic mass is 9.86. The van der Waals surface area contributed by atoms with E-state index in [0.717, 1.165) is 6.07 Å². The number of carbonyl (C=O) groups is 1. The van der Waals surface area contributed by atoms with E-state index >= 15 is 0 Å². The van der Waals surface area contributed by atoms with Crippen LogP contribution in [0.1, 0.15) is 13.8 Å². The largest absolute Gasteiger partial charge is 0.508 e. The molecule has 1 fully saturated rings. The van der Waals surface area contributed by atoms with Crippen LogP contribution in [-0.4, -0.2) is 44.9 Å². The predicted octanol–water partition coefficient (Wildman–Crippen LogP) is 2.69. The van der Waals surface area contributed by atoms with E-state index in [1.54, 1.807) is 44.2 Å². The van der Waals surface area contributed by atoms with E-state index in [9.17, 15) is 30.0 Å². The topological polar surface area (TPSA) is 147 Å². The molecule has 0 spiro atoms. The number of hydrogen-bond acceptors (Lipinski definition) is 8. The first-order chi connectivity index (χ1) is 15.2. The molecular weight excluding hydrogens is 420 g/mol. The van der Waals surface area contributed by atoms with Crippen LogP contribution in [0.2, 0.25) is 0 Å². The van der Waals surface area contributed by atoms with Crippen molar-refractivity contribution in [3.63, 3.8) is 0 Å². The standard InChI is InChI=1S/C23H22O9/c1-10-17(26)11(2)23(31-19(10)22(28)29)32-21-18(27)16-14(25)8-13(24)9-15(16)30-20(21)12-6-4-3-5-7-12/h3-11,17,19,23-26H,1-2H3,(H,28,29)/t10-,11+,17-,19-,23-/m0/s1. The van der Waals surface area contributed by atoms with Crippen molar-refractivity contribution in [2.75, 3.05) is 0 Å². The zero-order valence-corrected chi connectivity index (χ0v) is 17.3. The lowest BCUT2D eigenvalue weighted by Crippen LogP contribution is -2.53. The quantitative estimate of drug-likeness (QED) is 0.479. The van der Waals surface area contributed by atoms with Crippen LogP contribution in [0.4, 0.5) is 0 Å². The van der Waals surface area contributed by atoms with Gasteiger partial charge in [-0.05, 0) is 0 Å². The van der Waals surface area contributed by atoms with Crippen LogP contribution in [-0.2, 0) is 9.53 Å². The van der Waals surface area contributed by atoms with Gasteiger partial charge in [-0.15, -0.1) is 0 Å². The Labute approximate surface area is 182 Å². The van der Waals surface area contributed by atoms with E-state index < -0.39 is 47.5 Å². The third kappa shape index (κ3) is 3.65. The van der Waals surface area contributed by atoms with Crippen LogP contribution < -0.4 is 10.2 Å². The lowest BCUT2D eigenvalue weighted by molar-refractivity contribution is -0.234. The average Bonchev–Trinajstić information content (AvgIpc) is 2.75. The fourth-order valence-corrected chi connectivity index (χ4v) is 3.90. The number of benzene rings is 2. The SMILES string of the molecule is C[C@H]1[C@H](Oc2c(-c3ccccc3)oc3cc(O)cc(O)c3c2=O)O[C@H](C(=O)O)[C@@H](C)[C@@H]1O. The van der Waals surface area contributed by atoms with Gasteiger partial charge in [0.05, 0.1) is 6.10 Å². The summed E-state index contributed by atoms with van der Waals surface area (Å²) in [4.78, 5) is 24.9. The van der Waals surface area contributed by atoms with Gasteiger partial charge in [-0.1, -0.05) is 44.2 Å². The summed E-state index contributed by atoms with van der Waals surface area (Å²) in [6.45, 7) is 3.17. The first kappa shape index (κ1) is 21.7. The molecule has 5 atom stereocenters. The third-order valence-electron chi connectivity index (χ3n) is 5.70. The summed E-state index contributed by atoms with van der Waals surface area (Å²) >= 11 is 0. The fraction of sp³-hybridized carbons (Fsp3) is 0.304. The zero-order chi connectivity index (χ0) is 23.2. The highest BCUT2D eigenvalue weighted by Crippen LogP contribution is 2.38. The normalized spacial score (nSPS) is 25.5. The van der Waals surface area contributed by atoms with E-state index in [4.69, 9.17) is 13.9 Å². The number of phenols is 2. The molecule has 1 aliphatic heterocycles. The third-order valence-corrected chi connectivity index (χ3v) is 5.70. The van der Waals surface area contributed by atoms with Gasteiger partial charge in [-0.3, -0.25) is 4.79 Å². The molecule has 0 unspecified atom stereocenters. The van der Waals surface area contributed by atoms with Crippen molar-refractivity contribution in [1.82, 2.24) is 0 Å². The summed E-state index contributed by atoms with van der Waals surface area (Å²) in [5.41, 5.74) is -0.330. The minimum Gasteiger partial charge on any atom is -0.508 e. The average molecular weight is 442 g/mol. The number of aromatic hydroxyl groups is 2. The van der Waals surface area contributed by atoms with E-state index in [0.29, 0.717) is 5.56 Å². The lowest BCUT2D eigenvalue weighted by Gasteiger charge is -2.40. The van der Waals surface area contributed by atoms with Gasteiger partial charge in [0.2, 0.25) is 17.5 Å². The maximum absolute atomic E-state index is 13.3. The fourth-order valence-electron chi connectivity index (χ4n) is 3.90. The second-order valence-electron chi connectivity index (χ2n) is 7.88. The molecule has 168 valence electrons. The summed E-state index contributed by atoms with van der Waals surface area (Å²) in [7, 11) is 0. The molecule has 0 bridgehead atoms. The minimum absolute atomic E-state index is 0.00360. The Hall–Kier alpha value is -3.56. The number of aliphatic hydroxyl groups excluding tert-OH is 1. The van der Waals surface area contributed by atoms with Crippen molar-refractivity contribution in [2.45, 2.75) is 32.3 Å². The van der Waals surface area contributed by atoms with Crippen molar-refractivity contribution in [3.8, 4) is 28.6 Å². The van der Waals surface area contributed by atoms with Gasteiger partial charge in [0.25, 0.3) is 0 Å². The molecule has 0 aliphatic carbocycles. The number of fused-ring (bicyclic) bond motifs is 1. The molecule has 2 aromatic carbocycles. The molecule has 0 amide bonds. The van der Waals surface area contributed by atoms with Gasteiger partial charge in [0, 0.05) is 29.5 Å². The molecule has 32 heavy (non-hydrogen) atoms. The van der Waals surface area contributed by atoms with Gasteiger partial charge in [-0.25, -0.2) is 4.79 Å². The number of carboxylic acids is 1. The van der Waals surface area contributed by atoms with Crippen LogP contribution in [0, 0.1) is 11.8 Å². The Morgan fingerprint density at radius 3 is 2.41 bits per heavy atom. The smallest absolute Gasteiger partial charge is 0.333 e. The molecule has 1 saturated heterocycles. The monoisotopic (exact) mass is 442 g/mol. The van der Waals surface area contributed by atoms with Crippen LogP contribution in [0.25, 0.3) is 22.3 Å². The van der Waals surface area contributed by atoms with Crippen LogP contribution in [0.15, 0.2) is 51.7 Å². The van der Waals surface area contributed by atoms with Crippen molar-refractivity contribution >= 4 is 16.9 Å². The molecule has 3 aromatic rings. The molecule has 4 rings (SSSR count). The molecule has 1 aromatic heterocycles. The van der Waals surface area contributed by atoms with Crippen LogP contribution in [0.3, 0.4) is 0 Å². The molecule has 2 heterocycles. The number of aliphatic hydroxyl groups is 1. The van der Waals surface area contributed by atoms with Gasteiger partial charge < -0.3 is 34.3 Å². The second-order valence-corrected chi connectivity index (χ2v) is 7.88. The van der Waals surface area contributed by atoms with Gasteiger partial charge >= 0.3 is 5.97 Å². The predicted molar refractivity (Wildman–Crippen MR) is 113 cm³/mol. The maximum Gasteiger partial charge on any atom is 0.333 e. The molecule has 9 nitrogen and oxygen atoms in total. The van der Waals surface area contributed by atoms with E-state index in [-0.39, 0.29) is 28.2 Å². The number of ether oxygens (including phenoxy) is 2. The zero-order valence-electron chi connectivity index (χ0n) is 17.3. The Balaban J connectivity index is 1.88. The Morgan fingerprint density at radius 1 is 1.06 bits per heavy atom. The molecule has 0 saturated carbocycles. The van der Waals surface area contributed by atoms with Crippen LogP contribution >= 0.6 is 0 Å². The molecule has 4 N–H and O–H groups in total. The Bertz CT molecular complexity index is 1220. The maximum atomic E-state index is 13.3. The van der Waals surface area contributed by atoms with E-state index in [1.807, 2.05) is 0 Å². The van der Waals surface area contributed by atoms with Gasteiger partial charge in [0.15, 0.2) is 11.9 Å². The molecule has 0 radical (unpaired) electrons. The highest BCUT2D eigenvalue weighted by Gasteiger charge is 2.45. The van der Waals surface area contributed by atoms with Gasteiger partial charge in [0.1, 0.15) is 22.5 Å². The molecule has 9 heteroatoms. The number of rotatable bonds is 4. The molecular formula is C23H22O9. The van der Waals surface area contributed by atoms with Crippen molar-refractivity contribution in [3.05, 3.63) is 52.7 Å². The number of aliphatic carboxylic acids is 1. The number of carboxylic acid groups (broad SMARTS) is 1. The van der Waals surface area contributed by atoms with E-state index in [1.165, 1.54) is 6.07 Å². The molecule has 1 aliphatic rings. The first-order valence-corrected chi connectivity index (χ1v) is 10.00.